The van der Waals surface area contributed by atoms with Gasteiger partial charge in [0.15, 0.2) is 0 Å². The lowest BCUT2D eigenvalue weighted by Crippen LogP contribution is -2.52. The van der Waals surface area contributed by atoms with Crippen LogP contribution < -0.4 is 10.1 Å². The average molecular weight is 311 g/mol. The van der Waals surface area contributed by atoms with Crippen LogP contribution in [-0.4, -0.2) is 43.1 Å². The standard InChI is InChI=1S/C16H23ClN2O2/c1-12-10-14(5-6-15(12)17)21-9-3-4-16(20)19-8-7-18-11-13(19)2/h5-6,10,13,18H,3-4,7-9,11H2,1-2H3. The molecule has 1 atom stereocenters. The van der Waals surface area contributed by atoms with Crippen molar-refractivity contribution in [3.8, 4) is 5.75 Å². The number of hydrogen-bond acceptors (Lipinski definition) is 3. The topological polar surface area (TPSA) is 41.6 Å². The van der Waals surface area contributed by atoms with Crippen molar-refractivity contribution in [3.63, 3.8) is 0 Å². The first kappa shape index (κ1) is 16.1. The van der Waals surface area contributed by atoms with E-state index in [-0.39, 0.29) is 11.9 Å². The van der Waals surface area contributed by atoms with Gasteiger partial charge in [-0.1, -0.05) is 11.6 Å². The van der Waals surface area contributed by atoms with Crippen LogP contribution in [0, 0.1) is 6.92 Å². The highest BCUT2D eigenvalue weighted by molar-refractivity contribution is 6.31. The van der Waals surface area contributed by atoms with E-state index in [0.717, 1.165) is 42.4 Å². The third-order valence-electron chi connectivity index (χ3n) is 3.75. The third kappa shape index (κ3) is 4.61. The van der Waals surface area contributed by atoms with Gasteiger partial charge < -0.3 is 15.0 Å². The van der Waals surface area contributed by atoms with Crippen LogP contribution >= 0.6 is 11.6 Å². The summed E-state index contributed by atoms with van der Waals surface area (Å²) in [5, 5.41) is 4.03. The summed E-state index contributed by atoms with van der Waals surface area (Å²) >= 11 is 5.97. The Morgan fingerprint density at radius 2 is 2.33 bits per heavy atom. The first-order valence-corrected chi connectivity index (χ1v) is 7.85. The van der Waals surface area contributed by atoms with E-state index in [4.69, 9.17) is 16.3 Å². The zero-order valence-electron chi connectivity index (χ0n) is 12.7. The van der Waals surface area contributed by atoms with Crippen molar-refractivity contribution in [1.29, 1.82) is 0 Å². The van der Waals surface area contributed by atoms with Gasteiger partial charge in [0.25, 0.3) is 0 Å². The van der Waals surface area contributed by atoms with Gasteiger partial charge >= 0.3 is 0 Å². The number of halogens is 1. The van der Waals surface area contributed by atoms with Crippen LogP contribution in [0.15, 0.2) is 18.2 Å². The molecule has 1 amide bonds. The molecule has 5 heteroatoms. The van der Waals surface area contributed by atoms with Crippen LogP contribution in [0.1, 0.15) is 25.3 Å². The Morgan fingerprint density at radius 1 is 1.52 bits per heavy atom. The molecule has 116 valence electrons. The number of hydrogen-bond donors (Lipinski definition) is 1. The van der Waals surface area contributed by atoms with Crippen molar-refractivity contribution in [1.82, 2.24) is 10.2 Å². The monoisotopic (exact) mass is 310 g/mol. The first-order valence-electron chi connectivity index (χ1n) is 7.47. The summed E-state index contributed by atoms with van der Waals surface area (Å²) in [4.78, 5) is 14.1. The number of rotatable bonds is 5. The predicted octanol–water partition coefficient (Wildman–Crippen LogP) is 2.63. The second-order valence-electron chi connectivity index (χ2n) is 5.50. The molecule has 4 nitrogen and oxygen atoms in total. The molecule has 0 spiro atoms. The van der Waals surface area contributed by atoms with Gasteiger partial charge in [0.2, 0.25) is 5.91 Å². The van der Waals surface area contributed by atoms with E-state index < -0.39 is 0 Å². The highest BCUT2D eigenvalue weighted by atomic mass is 35.5. The SMILES string of the molecule is Cc1cc(OCCCC(=O)N2CCNCC2C)ccc1Cl. The molecule has 1 fully saturated rings. The van der Waals surface area contributed by atoms with Crippen LogP contribution in [0.5, 0.6) is 5.75 Å². The number of aryl methyl sites for hydroxylation is 1. The number of nitrogens with zero attached hydrogens (tertiary/aromatic N) is 1. The van der Waals surface area contributed by atoms with Crippen LogP contribution in [0.3, 0.4) is 0 Å². The Labute approximate surface area is 131 Å². The largest absolute Gasteiger partial charge is 0.494 e. The lowest BCUT2D eigenvalue weighted by molar-refractivity contribution is -0.134. The maximum Gasteiger partial charge on any atom is 0.223 e. The van der Waals surface area contributed by atoms with Gasteiger partial charge in [0, 0.05) is 37.1 Å². The Kier molecular flexibility index (Phi) is 5.88. The summed E-state index contributed by atoms with van der Waals surface area (Å²) in [6, 6.07) is 5.89. The Hall–Kier alpha value is -1.26. The van der Waals surface area contributed by atoms with Crippen molar-refractivity contribution >= 4 is 17.5 Å². The fourth-order valence-electron chi connectivity index (χ4n) is 2.48. The highest BCUT2D eigenvalue weighted by Crippen LogP contribution is 2.21. The molecule has 1 aliphatic heterocycles. The molecule has 1 aliphatic rings. The Balaban J connectivity index is 1.71. The van der Waals surface area contributed by atoms with Crippen LogP contribution in [0.4, 0.5) is 0 Å². The summed E-state index contributed by atoms with van der Waals surface area (Å²) in [7, 11) is 0. The molecule has 0 radical (unpaired) electrons. The minimum absolute atomic E-state index is 0.222. The maximum atomic E-state index is 12.1. The number of piperazine rings is 1. The molecule has 0 bridgehead atoms. The maximum absolute atomic E-state index is 12.1. The van der Waals surface area contributed by atoms with Gasteiger partial charge in [-0.05, 0) is 44.0 Å². The van der Waals surface area contributed by atoms with Gasteiger partial charge in [-0.3, -0.25) is 4.79 Å². The number of nitrogens with one attached hydrogen (secondary N) is 1. The summed E-state index contributed by atoms with van der Waals surface area (Å²) in [6.07, 6.45) is 1.27. The molecule has 1 aromatic rings. The Bertz CT molecular complexity index is 493. The molecule has 1 saturated heterocycles. The number of carbonyl (C=O) groups is 1. The van der Waals surface area contributed by atoms with E-state index in [0.29, 0.717) is 13.0 Å². The van der Waals surface area contributed by atoms with Crippen molar-refractivity contribution in [3.05, 3.63) is 28.8 Å². The minimum Gasteiger partial charge on any atom is -0.494 e. The normalized spacial score (nSPS) is 18.6. The first-order chi connectivity index (χ1) is 10.1. The summed E-state index contributed by atoms with van der Waals surface area (Å²) < 4.78 is 5.66. The lowest BCUT2D eigenvalue weighted by Gasteiger charge is -2.34. The van der Waals surface area contributed by atoms with Crippen molar-refractivity contribution in [2.45, 2.75) is 32.7 Å². The van der Waals surface area contributed by atoms with E-state index >= 15 is 0 Å². The molecule has 0 aliphatic carbocycles. The highest BCUT2D eigenvalue weighted by Gasteiger charge is 2.22. The summed E-state index contributed by atoms with van der Waals surface area (Å²) in [5.41, 5.74) is 1.000. The van der Waals surface area contributed by atoms with Crippen molar-refractivity contribution < 1.29 is 9.53 Å². The van der Waals surface area contributed by atoms with Gasteiger partial charge in [-0.2, -0.15) is 0 Å². The van der Waals surface area contributed by atoms with E-state index in [2.05, 4.69) is 12.2 Å². The van der Waals surface area contributed by atoms with E-state index in [9.17, 15) is 4.79 Å². The van der Waals surface area contributed by atoms with E-state index in [1.165, 1.54) is 0 Å². The zero-order chi connectivity index (χ0) is 15.2. The molecule has 2 rings (SSSR count). The summed E-state index contributed by atoms with van der Waals surface area (Å²) in [6.45, 7) is 7.15. The third-order valence-corrected chi connectivity index (χ3v) is 4.18. The molecule has 0 aromatic heterocycles. The van der Waals surface area contributed by atoms with Gasteiger partial charge in [0.05, 0.1) is 6.61 Å². The molecule has 21 heavy (non-hydrogen) atoms. The van der Waals surface area contributed by atoms with Gasteiger partial charge in [0.1, 0.15) is 5.75 Å². The van der Waals surface area contributed by atoms with E-state index in [1.54, 1.807) is 0 Å². The second-order valence-corrected chi connectivity index (χ2v) is 5.91. The van der Waals surface area contributed by atoms with Crippen LogP contribution in [0.25, 0.3) is 0 Å². The summed E-state index contributed by atoms with van der Waals surface area (Å²) in [5.74, 6) is 1.03. The molecule has 1 heterocycles. The predicted molar refractivity (Wildman–Crippen MR) is 85.0 cm³/mol. The number of amides is 1. The number of ether oxygens (including phenoxy) is 1. The fraction of sp³-hybridized carbons (Fsp3) is 0.562. The smallest absolute Gasteiger partial charge is 0.223 e. The van der Waals surface area contributed by atoms with Crippen LogP contribution in [0.2, 0.25) is 5.02 Å². The van der Waals surface area contributed by atoms with Crippen molar-refractivity contribution in [2.75, 3.05) is 26.2 Å². The van der Waals surface area contributed by atoms with Crippen LogP contribution in [-0.2, 0) is 4.79 Å². The van der Waals surface area contributed by atoms with Gasteiger partial charge in [-0.25, -0.2) is 0 Å². The second kappa shape index (κ2) is 7.66. The molecule has 1 unspecified atom stereocenters. The Morgan fingerprint density at radius 3 is 3.05 bits per heavy atom. The molecule has 1 aromatic carbocycles. The van der Waals surface area contributed by atoms with Crippen molar-refractivity contribution in [2.24, 2.45) is 0 Å². The molecular weight excluding hydrogens is 288 g/mol. The van der Waals surface area contributed by atoms with E-state index in [1.807, 2.05) is 30.0 Å². The lowest BCUT2D eigenvalue weighted by atomic mass is 10.2. The quantitative estimate of drug-likeness (QED) is 0.850. The minimum atomic E-state index is 0.222. The molecular formula is C16H23ClN2O2. The fourth-order valence-corrected chi connectivity index (χ4v) is 2.59. The molecule has 1 N–H and O–H groups in total. The average Bonchev–Trinajstić information content (AvgIpc) is 2.47. The number of benzene rings is 1. The molecule has 0 saturated carbocycles. The van der Waals surface area contributed by atoms with Gasteiger partial charge in [-0.15, -0.1) is 0 Å². The zero-order valence-corrected chi connectivity index (χ0v) is 13.4. The number of carbonyl (C=O) groups excluding carboxylic acids is 1.